The van der Waals surface area contributed by atoms with Gasteiger partial charge in [-0.15, -0.1) is 0 Å². The summed E-state index contributed by atoms with van der Waals surface area (Å²) in [4.78, 5) is 37.2. The smallest absolute Gasteiger partial charge is 0.306 e. The number of carbonyl (C=O) groups is 3. The Hall–Kier alpha value is -1.91. The third-order valence-electron chi connectivity index (χ3n) is 6.49. The van der Waals surface area contributed by atoms with Crippen LogP contribution in [0.5, 0.6) is 0 Å². The Morgan fingerprint density at radius 2 is 1.19 bits per heavy atom. The Balaban J connectivity index is 4.52. The summed E-state index contributed by atoms with van der Waals surface area (Å²) in [7, 11) is 0. The van der Waals surface area contributed by atoms with E-state index in [4.69, 9.17) is 9.47 Å². The van der Waals surface area contributed by atoms with E-state index >= 15 is 0 Å². The van der Waals surface area contributed by atoms with Crippen LogP contribution in [0.25, 0.3) is 0 Å². The van der Waals surface area contributed by atoms with Gasteiger partial charge in [-0.1, -0.05) is 116 Å². The Kier molecular flexibility index (Phi) is 23.5. The Morgan fingerprint density at radius 1 is 0.694 bits per heavy atom. The second-order valence-electron chi connectivity index (χ2n) is 9.86. The minimum Gasteiger partial charge on any atom is -0.466 e. The summed E-state index contributed by atoms with van der Waals surface area (Å²) in [5.74, 6) is -1.09. The number of unbranched alkanes of at least 4 members (excludes halogenated alkanes) is 12. The number of esters is 2. The van der Waals surface area contributed by atoms with Crippen molar-refractivity contribution in [2.24, 2.45) is 5.92 Å². The maximum absolute atomic E-state index is 12.6. The van der Waals surface area contributed by atoms with E-state index in [1.165, 1.54) is 57.4 Å². The van der Waals surface area contributed by atoms with Gasteiger partial charge in [-0.2, -0.15) is 0 Å². The summed E-state index contributed by atoms with van der Waals surface area (Å²) in [6, 6.07) is 0. The lowest BCUT2D eigenvalue weighted by molar-refractivity contribution is -0.155. The Bertz CT molecular complexity index is 622. The molecule has 0 radical (unpaired) electrons. The number of rotatable bonds is 24. The molecule has 0 aliphatic heterocycles. The van der Waals surface area contributed by atoms with Crippen LogP contribution < -0.4 is 0 Å². The van der Waals surface area contributed by atoms with Crippen molar-refractivity contribution in [2.45, 2.75) is 143 Å². The fraction of sp³-hybridized carbons (Fsp3) is 0.774. The van der Waals surface area contributed by atoms with E-state index in [9.17, 15) is 14.4 Å². The van der Waals surface area contributed by atoms with E-state index in [-0.39, 0.29) is 24.3 Å². The molecule has 2 unspecified atom stereocenters. The largest absolute Gasteiger partial charge is 0.466 e. The van der Waals surface area contributed by atoms with E-state index in [1.807, 2.05) is 13.0 Å². The van der Waals surface area contributed by atoms with Crippen LogP contribution >= 0.6 is 0 Å². The van der Waals surface area contributed by atoms with Gasteiger partial charge in [0, 0.05) is 19.3 Å². The first-order valence-corrected chi connectivity index (χ1v) is 14.6. The third kappa shape index (κ3) is 20.3. The molecule has 5 nitrogen and oxygen atoms in total. The number of allylic oxidation sites excluding steroid dienone is 4. The summed E-state index contributed by atoms with van der Waals surface area (Å²) >= 11 is 0. The molecule has 0 bridgehead atoms. The SMILES string of the molecule is CC=CC=CC(=O)C(C)C(CCOC(=O)CCCCCCCCC)OC(=O)CCCCCCCCC. The second kappa shape index (κ2) is 24.8. The van der Waals surface area contributed by atoms with Crippen LogP contribution in [0.2, 0.25) is 0 Å². The number of ether oxygens (including phenoxy) is 2. The lowest BCUT2D eigenvalue weighted by atomic mass is 9.96. The minimum atomic E-state index is -0.601. The lowest BCUT2D eigenvalue weighted by Crippen LogP contribution is -2.31. The molecule has 2 atom stereocenters. The maximum Gasteiger partial charge on any atom is 0.306 e. The van der Waals surface area contributed by atoms with E-state index in [2.05, 4.69) is 13.8 Å². The molecule has 0 fully saturated rings. The summed E-state index contributed by atoms with van der Waals surface area (Å²) in [5, 5.41) is 0. The molecule has 0 aromatic heterocycles. The first-order chi connectivity index (χ1) is 17.5. The van der Waals surface area contributed by atoms with Gasteiger partial charge in [0.1, 0.15) is 6.10 Å². The maximum atomic E-state index is 12.6. The topological polar surface area (TPSA) is 69.7 Å². The zero-order chi connectivity index (χ0) is 26.9. The van der Waals surface area contributed by atoms with E-state index in [1.54, 1.807) is 19.1 Å². The first kappa shape index (κ1) is 34.1. The monoisotopic (exact) mass is 506 g/mol. The summed E-state index contributed by atoms with van der Waals surface area (Å²) in [6.45, 7) is 8.21. The van der Waals surface area contributed by atoms with Crippen LogP contribution in [-0.4, -0.2) is 30.4 Å². The average Bonchev–Trinajstić information content (AvgIpc) is 2.86. The zero-order valence-corrected chi connectivity index (χ0v) is 23.7. The predicted molar refractivity (Wildman–Crippen MR) is 149 cm³/mol. The van der Waals surface area contributed by atoms with Gasteiger partial charge in [-0.05, 0) is 25.8 Å². The molecule has 0 saturated carbocycles. The molecule has 0 aromatic rings. The highest BCUT2D eigenvalue weighted by Crippen LogP contribution is 2.17. The fourth-order valence-electron chi connectivity index (χ4n) is 4.05. The van der Waals surface area contributed by atoms with Gasteiger partial charge in [0.2, 0.25) is 0 Å². The second-order valence-corrected chi connectivity index (χ2v) is 9.86. The molecule has 0 N–H and O–H groups in total. The first-order valence-electron chi connectivity index (χ1n) is 14.6. The van der Waals surface area contributed by atoms with Crippen LogP contribution in [0.3, 0.4) is 0 Å². The average molecular weight is 507 g/mol. The highest BCUT2D eigenvalue weighted by atomic mass is 16.6. The normalized spacial score (nSPS) is 13.2. The lowest BCUT2D eigenvalue weighted by Gasteiger charge is -2.22. The predicted octanol–water partition coefficient (Wildman–Crippen LogP) is 8.45. The van der Waals surface area contributed by atoms with Crippen molar-refractivity contribution in [2.75, 3.05) is 6.61 Å². The number of carbonyl (C=O) groups excluding carboxylic acids is 3. The Labute approximate surface area is 221 Å². The molecule has 0 aliphatic rings. The van der Waals surface area contributed by atoms with E-state index in [0.717, 1.165) is 38.5 Å². The highest BCUT2D eigenvalue weighted by molar-refractivity contribution is 5.92. The number of hydrogen-bond acceptors (Lipinski definition) is 5. The van der Waals surface area contributed by atoms with E-state index in [0.29, 0.717) is 19.3 Å². The van der Waals surface area contributed by atoms with Crippen molar-refractivity contribution < 1.29 is 23.9 Å². The van der Waals surface area contributed by atoms with Crippen molar-refractivity contribution >= 4 is 17.7 Å². The molecule has 0 aliphatic carbocycles. The molecule has 208 valence electrons. The molecule has 0 heterocycles. The van der Waals surface area contributed by atoms with Gasteiger partial charge < -0.3 is 9.47 Å². The summed E-state index contributed by atoms with van der Waals surface area (Å²) in [6.07, 6.45) is 23.3. The molecule has 0 spiro atoms. The quantitative estimate of drug-likeness (QED) is 0.0568. The number of hydrogen-bond donors (Lipinski definition) is 0. The van der Waals surface area contributed by atoms with Crippen molar-refractivity contribution in [1.82, 2.24) is 0 Å². The molecule has 5 heteroatoms. The molecular formula is C31H54O5. The van der Waals surface area contributed by atoms with Crippen LogP contribution in [0.1, 0.15) is 137 Å². The van der Waals surface area contributed by atoms with Crippen LogP contribution in [-0.2, 0) is 23.9 Å². The van der Waals surface area contributed by atoms with Crippen LogP contribution in [0.15, 0.2) is 24.3 Å². The van der Waals surface area contributed by atoms with Crippen molar-refractivity contribution in [3.8, 4) is 0 Å². The minimum absolute atomic E-state index is 0.101. The van der Waals surface area contributed by atoms with E-state index < -0.39 is 12.0 Å². The number of ketones is 1. The van der Waals surface area contributed by atoms with Crippen LogP contribution in [0.4, 0.5) is 0 Å². The van der Waals surface area contributed by atoms with Crippen molar-refractivity contribution in [3.05, 3.63) is 24.3 Å². The van der Waals surface area contributed by atoms with Gasteiger partial charge >= 0.3 is 11.9 Å². The van der Waals surface area contributed by atoms with Gasteiger partial charge in [0.25, 0.3) is 0 Å². The van der Waals surface area contributed by atoms with Gasteiger partial charge in [-0.3, -0.25) is 14.4 Å². The zero-order valence-electron chi connectivity index (χ0n) is 23.7. The molecule has 36 heavy (non-hydrogen) atoms. The van der Waals surface area contributed by atoms with Gasteiger partial charge in [0.15, 0.2) is 5.78 Å². The van der Waals surface area contributed by atoms with Crippen molar-refractivity contribution in [1.29, 1.82) is 0 Å². The van der Waals surface area contributed by atoms with Crippen molar-refractivity contribution in [3.63, 3.8) is 0 Å². The van der Waals surface area contributed by atoms with Gasteiger partial charge in [0.05, 0.1) is 12.5 Å². The Morgan fingerprint density at radius 3 is 1.72 bits per heavy atom. The molecule has 0 saturated heterocycles. The molecule has 0 aromatic carbocycles. The van der Waals surface area contributed by atoms with Gasteiger partial charge in [-0.25, -0.2) is 0 Å². The molecular weight excluding hydrogens is 452 g/mol. The highest BCUT2D eigenvalue weighted by Gasteiger charge is 2.26. The van der Waals surface area contributed by atoms with Crippen LogP contribution in [0, 0.1) is 5.92 Å². The molecule has 0 rings (SSSR count). The summed E-state index contributed by atoms with van der Waals surface area (Å²) < 4.78 is 11.1. The molecule has 0 amide bonds. The fourth-order valence-corrected chi connectivity index (χ4v) is 4.05. The standard InChI is InChI=1S/C31H54O5/c1-5-8-11-13-15-17-20-23-30(33)35-26-25-29(27(4)28(32)22-19-10-7-3)36-31(34)24-21-18-16-14-12-9-6-2/h7,10,19,22,27,29H,5-6,8-9,11-18,20-21,23-26H2,1-4H3. The third-order valence-corrected chi connectivity index (χ3v) is 6.49. The summed E-state index contributed by atoms with van der Waals surface area (Å²) in [5.41, 5.74) is 0.